The summed E-state index contributed by atoms with van der Waals surface area (Å²) in [6.07, 6.45) is 0.134. The highest BCUT2D eigenvalue weighted by Crippen LogP contribution is 2.27. The Kier molecular flexibility index (Phi) is 4.03. The number of fused-ring (bicyclic) bond motifs is 1. The van der Waals surface area contributed by atoms with Crippen LogP contribution in [-0.2, 0) is 4.79 Å². The molecule has 1 amide bonds. The highest BCUT2D eigenvalue weighted by molar-refractivity contribution is 6.00. The third-order valence-corrected chi connectivity index (χ3v) is 3.14. The number of likely N-dealkylation sites (N-methyl/N-ethyl adjacent to an activating group) is 1. The van der Waals surface area contributed by atoms with E-state index in [0.717, 1.165) is 17.1 Å². The zero-order valence-electron chi connectivity index (χ0n) is 11.8. The first-order valence-electron chi connectivity index (χ1n) is 6.39. The molecule has 0 bridgehead atoms. The Morgan fingerprint density at radius 3 is 2.55 bits per heavy atom. The number of ether oxygens (including phenoxy) is 1. The quantitative estimate of drug-likeness (QED) is 0.803. The molecule has 2 aromatic carbocycles. The van der Waals surface area contributed by atoms with Gasteiger partial charge in [-0.2, -0.15) is 0 Å². The number of nitrogens with zero attached hydrogens (tertiary/aromatic N) is 1. The molecule has 0 fully saturated rings. The molecule has 0 N–H and O–H groups in total. The molecule has 4 nitrogen and oxygen atoms in total. The van der Waals surface area contributed by atoms with E-state index >= 15 is 0 Å². The summed E-state index contributed by atoms with van der Waals surface area (Å²) in [5.41, 5.74) is 0.474. The van der Waals surface area contributed by atoms with E-state index < -0.39 is 6.10 Å². The lowest BCUT2D eigenvalue weighted by Crippen LogP contribution is -2.35. The zero-order valence-corrected chi connectivity index (χ0v) is 11.8. The molecule has 2 rings (SSSR count). The summed E-state index contributed by atoms with van der Waals surface area (Å²) < 4.78 is 5.65. The van der Waals surface area contributed by atoms with Gasteiger partial charge in [0.1, 0.15) is 5.75 Å². The van der Waals surface area contributed by atoms with Crippen LogP contribution in [0.1, 0.15) is 17.3 Å². The van der Waals surface area contributed by atoms with Gasteiger partial charge in [-0.05, 0) is 23.8 Å². The normalized spacial score (nSPS) is 11.9. The third kappa shape index (κ3) is 2.64. The molecule has 0 saturated heterocycles. The summed E-state index contributed by atoms with van der Waals surface area (Å²) in [6.45, 7) is 1.67. The Morgan fingerprint density at radius 1 is 1.20 bits per heavy atom. The summed E-state index contributed by atoms with van der Waals surface area (Å²) >= 11 is 0. The van der Waals surface area contributed by atoms with Crippen LogP contribution in [0.2, 0.25) is 0 Å². The number of hydrogen-bond acceptors (Lipinski definition) is 3. The van der Waals surface area contributed by atoms with Gasteiger partial charge in [0, 0.05) is 14.1 Å². The van der Waals surface area contributed by atoms with E-state index in [1.807, 2.05) is 30.3 Å². The van der Waals surface area contributed by atoms with Crippen LogP contribution < -0.4 is 4.74 Å². The molecule has 0 aliphatic heterocycles. The van der Waals surface area contributed by atoms with Crippen molar-refractivity contribution in [3.8, 4) is 5.75 Å². The Bertz CT molecular complexity index is 649. The van der Waals surface area contributed by atoms with Crippen molar-refractivity contribution in [2.45, 2.75) is 13.0 Å². The zero-order chi connectivity index (χ0) is 14.7. The second kappa shape index (κ2) is 5.74. The molecule has 104 valence electrons. The van der Waals surface area contributed by atoms with Gasteiger partial charge in [0.15, 0.2) is 12.4 Å². The van der Waals surface area contributed by atoms with Crippen molar-refractivity contribution in [1.82, 2.24) is 4.90 Å². The number of amides is 1. The summed E-state index contributed by atoms with van der Waals surface area (Å²) in [5, 5.41) is 1.79. The molecule has 0 heterocycles. The number of carbonyl (C=O) groups is 2. The first-order valence-corrected chi connectivity index (χ1v) is 6.39. The molecule has 20 heavy (non-hydrogen) atoms. The molecular formula is C16H17NO3. The van der Waals surface area contributed by atoms with Crippen LogP contribution in [0.4, 0.5) is 0 Å². The van der Waals surface area contributed by atoms with E-state index in [-0.39, 0.29) is 5.91 Å². The lowest BCUT2D eigenvalue weighted by atomic mass is 10.0. The van der Waals surface area contributed by atoms with Gasteiger partial charge >= 0.3 is 0 Å². The van der Waals surface area contributed by atoms with E-state index in [9.17, 15) is 9.59 Å². The molecule has 0 spiro atoms. The van der Waals surface area contributed by atoms with E-state index in [0.29, 0.717) is 11.3 Å². The third-order valence-electron chi connectivity index (χ3n) is 3.14. The van der Waals surface area contributed by atoms with Crippen molar-refractivity contribution in [2.75, 3.05) is 14.1 Å². The highest BCUT2D eigenvalue weighted by Gasteiger charge is 2.18. The Balaban J connectivity index is 2.40. The van der Waals surface area contributed by atoms with Gasteiger partial charge in [-0.15, -0.1) is 0 Å². The maximum absolute atomic E-state index is 11.8. The topological polar surface area (TPSA) is 46.6 Å². The van der Waals surface area contributed by atoms with E-state index in [1.165, 1.54) is 4.90 Å². The van der Waals surface area contributed by atoms with Gasteiger partial charge in [-0.25, -0.2) is 0 Å². The maximum Gasteiger partial charge on any atom is 0.262 e. The molecule has 0 saturated carbocycles. The lowest BCUT2D eigenvalue weighted by molar-refractivity contribution is -0.135. The summed E-state index contributed by atoms with van der Waals surface area (Å²) in [4.78, 5) is 24.6. The molecule has 0 radical (unpaired) electrons. The number of rotatable bonds is 4. The van der Waals surface area contributed by atoms with Gasteiger partial charge in [0.05, 0.1) is 5.56 Å². The van der Waals surface area contributed by atoms with Crippen molar-refractivity contribution in [3.05, 3.63) is 42.0 Å². The molecule has 1 atom stereocenters. The van der Waals surface area contributed by atoms with Gasteiger partial charge < -0.3 is 9.64 Å². The van der Waals surface area contributed by atoms with Crippen molar-refractivity contribution in [2.24, 2.45) is 0 Å². The van der Waals surface area contributed by atoms with Gasteiger partial charge in [0.2, 0.25) is 0 Å². The van der Waals surface area contributed by atoms with Gasteiger partial charge in [-0.3, -0.25) is 9.59 Å². The van der Waals surface area contributed by atoms with Crippen LogP contribution in [0.25, 0.3) is 10.8 Å². The van der Waals surface area contributed by atoms with Crippen molar-refractivity contribution in [3.63, 3.8) is 0 Å². The van der Waals surface area contributed by atoms with Crippen LogP contribution in [0, 0.1) is 0 Å². The molecular weight excluding hydrogens is 254 g/mol. The standard InChI is InChI=1S/C16H17NO3/c1-11(16(19)17(2)3)20-15-9-8-12-6-4-5-7-13(12)14(15)10-18/h4-11H,1-3H3/t11-/m0/s1. The van der Waals surface area contributed by atoms with E-state index in [1.54, 1.807) is 27.1 Å². The van der Waals surface area contributed by atoms with Crippen molar-refractivity contribution in [1.29, 1.82) is 0 Å². The molecule has 0 aliphatic carbocycles. The molecule has 0 unspecified atom stereocenters. The Morgan fingerprint density at radius 2 is 1.90 bits per heavy atom. The first kappa shape index (κ1) is 14.1. The minimum Gasteiger partial charge on any atom is -0.480 e. The van der Waals surface area contributed by atoms with E-state index in [2.05, 4.69) is 0 Å². The summed E-state index contributed by atoms with van der Waals surface area (Å²) in [7, 11) is 3.34. The number of aldehydes is 1. The second-order valence-electron chi connectivity index (χ2n) is 4.81. The minimum absolute atomic E-state index is 0.144. The average molecular weight is 271 g/mol. The van der Waals surface area contributed by atoms with Crippen LogP contribution in [0.3, 0.4) is 0 Å². The predicted molar refractivity (Wildman–Crippen MR) is 78.1 cm³/mol. The monoisotopic (exact) mass is 271 g/mol. The maximum atomic E-state index is 11.8. The first-order chi connectivity index (χ1) is 9.54. The lowest BCUT2D eigenvalue weighted by Gasteiger charge is -2.19. The van der Waals surface area contributed by atoms with Crippen LogP contribution in [0.5, 0.6) is 5.75 Å². The highest BCUT2D eigenvalue weighted by atomic mass is 16.5. The Labute approximate surface area is 117 Å². The molecule has 2 aromatic rings. The fourth-order valence-electron chi connectivity index (χ4n) is 2.10. The van der Waals surface area contributed by atoms with Crippen molar-refractivity contribution >= 4 is 23.0 Å². The van der Waals surface area contributed by atoms with Crippen LogP contribution >= 0.6 is 0 Å². The average Bonchev–Trinajstić information content (AvgIpc) is 2.45. The number of hydrogen-bond donors (Lipinski definition) is 0. The number of carbonyl (C=O) groups excluding carboxylic acids is 2. The summed E-state index contributed by atoms with van der Waals surface area (Å²) in [5.74, 6) is 0.288. The van der Waals surface area contributed by atoms with Gasteiger partial charge in [-0.1, -0.05) is 30.3 Å². The fourth-order valence-corrected chi connectivity index (χ4v) is 2.10. The molecule has 0 aromatic heterocycles. The SMILES string of the molecule is C[C@H](Oc1ccc2ccccc2c1C=O)C(=O)N(C)C. The fraction of sp³-hybridized carbons (Fsp3) is 0.250. The van der Waals surface area contributed by atoms with Gasteiger partial charge in [0.25, 0.3) is 5.91 Å². The van der Waals surface area contributed by atoms with Crippen LogP contribution in [-0.4, -0.2) is 37.3 Å². The van der Waals surface area contributed by atoms with Crippen LogP contribution in [0.15, 0.2) is 36.4 Å². The molecule has 0 aliphatic rings. The summed E-state index contributed by atoms with van der Waals surface area (Å²) in [6, 6.07) is 11.2. The molecule has 4 heteroatoms. The predicted octanol–water partition coefficient (Wildman–Crippen LogP) is 2.51. The second-order valence-corrected chi connectivity index (χ2v) is 4.81. The minimum atomic E-state index is -0.634. The smallest absolute Gasteiger partial charge is 0.262 e. The largest absolute Gasteiger partial charge is 0.480 e. The van der Waals surface area contributed by atoms with Crippen molar-refractivity contribution < 1.29 is 14.3 Å². The Hall–Kier alpha value is -2.36. The number of benzene rings is 2. The van der Waals surface area contributed by atoms with E-state index in [4.69, 9.17) is 4.74 Å².